The topological polar surface area (TPSA) is 46.5 Å². The third-order valence-electron chi connectivity index (χ3n) is 2.24. The van der Waals surface area contributed by atoms with E-state index in [9.17, 15) is 9.90 Å². The lowest BCUT2D eigenvalue weighted by atomic mass is 9.93. The van der Waals surface area contributed by atoms with Crippen molar-refractivity contribution in [1.82, 2.24) is 0 Å². The van der Waals surface area contributed by atoms with E-state index in [0.717, 1.165) is 4.47 Å². The highest BCUT2D eigenvalue weighted by molar-refractivity contribution is 9.10. The molecule has 3 nitrogen and oxygen atoms in total. The summed E-state index contributed by atoms with van der Waals surface area (Å²) in [6.07, 6.45) is -0.0444. The van der Waals surface area contributed by atoms with Crippen molar-refractivity contribution < 1.29 is 14.6 Å². The SMILES string of the molecule is CCOC(=O)CC(C)(O)c1cccc(Br)c1. The number of carbonyl (C=O) groups is 1. The molecule has 0 bridgehead atoms. The Bertz CT molecular complexity index is 374. The number of carbonyl (C=O) groups excluding carboxylic acids is 1. The predicted octanol–water partition coefficient (Wildman–Crippen LogP) is 2.61. The minimum absolute atomic E-state index is 0.0444. The van der Waals surface area contributed by atoms with E-state index in [4.69, 9.17) is 4.74 Å². The van der Waals surface area contributed by atoms with Crippen LogP contribution >= 0.6 is 15.9 Å². The van der Waals surface area contributed by atoms with Crippen LogP contribution in [0, 0.1) is 0 Å². The number of halogens is 1. The first kappa shape index (κ1) is 13.2. The summed E-state index contributed by atoms with van der Waals surface area (Å²) < 4.78 is 5.69. The molecule has 0 heterocycles. The Morgan fingerprint density at radius 2 is 2.25 bits per heavy atom. The van der Waals surface area contributed by atoms with Gasteiger partial charge in [-0.25, -0.2) is 0 Å². The summed E-state index contributed by atoms with van der Waals surface area (Å²) in [7, 11) is 0. The molecule has 0 spiro atoms. The van der Waals surface area contributed by atoms with Crippen molar-refractivity contribution in [3.63, 3.8) is 0 Å². The lowest BCUT2D eigenvalue weighted by Gasteiger charge is -2.22. The minimum Gasteiger partial charge on any atom is -0.466 e. The molecular formula is C12H15BrO3. The van der Waals surface area contributed by atoms with Gasteiger partial charge in [-0.05, 0) is 31.5 Å². The fraction of sp³-hybridized carbons (Fsp3) is 0.417. The standard InChI is InChI=1S/C12H15BrO3/c1-3-16-11(14)8-12(2,15)9-5-4-6-10(13)7-9/h4-7,15H,3,8H2,1-2H3. The van der Waals surface area contributed by atoms with Crippen LogP contribution in [0.3, 0.4) is 0 Å². The first-order valence-corrected chi connectivity index (χ1v) is 5.89. The Kier molecular flexibility index (Phi) is 4.50. The number of hydrogen-bond acceptors (Lipinski definition) is 3. The Labute approximate surface area is 104 Å². The van der Waals surface area contributed by atoms with Gasteiger partial charge in [0.15, 0.2) is 0 Å². The molecule has 16 heavy (non-hydrogen) atoms. The number of benzene rings is 1. The first-order valence-electron chi connectivity index (χ1n) is 5.10. The predicted molar refractivity (Wildman–Crippen MR) is 65.0 cm³/mol. The molecule has 1 N–H and O–H groups in total. The van der Waals surface area contributed by atoms with Gasteiger partial charge < -0.3 is 9.84 Å². The molecule has 1 rings (SSSR count). The van der Waals surface area contributed by atoms with Crippen LogP contribution in [0.25, 0.3) is 0 Å². The molecular weight excluding hydrogens is 272 g/mol. The van der Waals surface area contributed by atoms with Gasteiger partial charge in [0.05, 0.1) is 18.6 Å². The van der Waals surface area contributed by atoms with E-state index in [2.05, 4.69) is 15.9 Å². The van der Waals surface area contributed by atoms with Crippen molar-refractivity contribution in [2.45, 2.75) is 25.9 Å². The number of rotatable bonds is 4. The zero-order chi connectivity index (χ0) is 12.2. The van der Waals surface area contributed by atoms with Crippen molar-refractivity contribution in [2.24, 2.45) is 0 Å². The lowest BCUT2D eigenvalue weighted by molar-refractivity contribution is -0.148. The smallest absolute Gasteiger partial charge is 0.309 e. The Morgan fingerprint density at radius 3 is 2.81 bits per heavy atom. The number of ether oxygens (including phenoxy) is 1. The van der Waals surface area contributed by atoms with E-state index >= 15 is 0 Å². The van der Waals surface area contributed by atoms with Gasteiger partial charge in [0.1, 0.15) is 0 Å². The Morgan fingerprint density at radius 1 is 1.56 bits per heavy atom. The molecule has 0 amide bonds. The fourth-order valence-electron chi connectivity index (χ4n) is 1.42. The Hall–Kier alpha value is -0.870. The molecule has 0 saturated heterocycles. The van der Waals surface area contributed by atoms with Gasteiger partial charge in [-0.2, -0.15) is 0 Å². The van der Waals surface area contributed by atoms with Gasteiger partial charge >= 0.3 is 5.97 Å². The Balaban J connectivity index is 2.81. The molecule has 88 valence electrons. The molecule has 0 aliphatic heterocycles. The average molecular weight is 287 g/mol. The minimum atomic E-state index is -1.20. The molecule has 1 aromatic rings. The monoisotopic (exact) mass is 286 g/mol. The molecule has 0 fully saturated rings. The summed E-state index contributed by atoms with van der Waals surface area (Å²) in [4.78, 5) is 11.3. The summed E-state index contributed by atoms with van der Waals surface area (Å²) in [5, 5.41) is 10.2. The highest BCUT2D eigenvalue weighted by Gasteiger charge is 2.27. The van der Waals surface area contributed by atoms with Crippen LogP contribution in [0.4, 0.5) is 0 Å². The van der Waals surface area contributed by atoms with Crippen LogP contribution in [0.15, 0.2) is 28.7 Å². The van der Waals surface area contributed by atoms with Crippen molar-refractivity contribution in [3.05, 3.63) is 34.3 Å². The van der Waals surface area contributed by atoms with Gasteiger partial charge in [0, 0.05) is 4.47 Å². The number of esters is 1. The molecule has 1 unspecified atom stereocenters. The van der Waals surface area contributed by atoms with Gasteiger partial charge in [-0.3, -0.25) is 4.79 Å². The largest absolute Gasteiger partial charge is 0.466 e. The normalized spacial score (nSPS) is 14.2. The third kappa shape index (κ3) is 3.61. The van der Waals surface area contributed by atoms with Crippen LogP contribution < -0.4 is 0 Å². The van der Waals surface area contributed by atoms with E-state index in [1.165, 1.54) is 0 Å². The van der Waals surface area contributed by atoms with Crippen molar-refractivity contribution in [2.75, 3.05) is 6.61 Å². The average Bonchev–Trinajstić information content (AvgIpc) is 2.17. The molecule has 4 heteroatoms. The molecule has 1 atom stereocenters. The van der Waals surface area contributed by atoms with Crippen molar-refractivity contribution >= 4 is 21.9 Å². The third-order valence-corrected chi connectivity index (χ3v) is 2.73. The molecule has 0 saturated carbocycles. The van der Waals surface area contributed by atoms with Gasteiger partial charge in [-0.15, -0.1) is 0 Å². The fourth-order valence-corrected chi connectivity index (χ4v) is 1.82. The summed E-state index contributed by atoms with van der Waals surface area (Å²) in [5.41, 5.74) is -0.509. The second kappa shape index (κ2) is 5.46. The van der Waals surface area contributed by atoms with Crippen LogP contribution in [0.1, 0.15) is 25.8 Å². The highest BCUT2D eigenvalue weighted by Crippen LogP contribution is 2.27. The summed E-state index contributed by atoms with van der Waals surface area (Å²) >= 11 is 3.32. The summed E-state index contributed by atoms with van der Waals surface area (Å²) in [5.74, 6) is -0.396. The van der Waals surface area contributed by atoms with Gasteiger partial charge in [-0.1, -0.05) is 28.1 Å². The quantitative estimate of drug-likeness (QED) is 0.866. The number of hydrogen-bond donors (Lipinski definition) is 1. The van der Waals surface area contributed by atoms with Crippen LogP contribution in [0.2, 0.25) is 0 Å². The first-order chi connectivity index (χ1) is 7.45. The zero-order valence-electron chi connectivity index (χ0n) is 9.37. The van der Waals surface area contributed by atoms with Crippen molar-refractivity contribution in [3.8, 4) is 0 Å². The van der Waals surface area contributed by atoms with E-state index in [1.54, 1.807) is 26.0 Å². The van der Waals surface area contributed by atoms with Gasteiger partial charge in [0.25, 0.3) is 0 Å². The molecule has 0 radical (unpaired) electrons. The summed E-state index contributed by atoms with van der Waals surface area (Å²) in [6.45, 7) is 3.67. The van der Waals surface area contributed by atoms with E-state index in [1.807, 2.05) is 12.1 Å². The van der Waals surface area contributed by atoms with E-state index < -0.39 is 11.6 Å². The maximum atomic E-state index is 11.3. The second-order valence-corrected chi connectivity index (χ2v) is 4.68. The maximum Gasteiger partial charge on any atom is 0.309 e. The maximum absolute atomic E-state index is 11.3. The van der Waals surface area contributed by atoms with Crippen LogP contribution in [-0.2, 0) is 15.1 Å². The zero-order valence-corrected chi connectivity index (χ0v) is 11.0. The van der Waals surface area contributed by atoms with Crippen molar-refractivity contribution in [1.29, 1.82) is 0 Å². The highest BCUT2D eigenvalue weighted by atomic mass is 79.9. The molecule has 0 aromatic heterocycles. The van der Waals surface area contributed by atoms with Gasteiger partial charge in [0.2, 0.25) is 0 Å². The summed E-state index contributed by atoms with van der Waals surface area (Å²) in [6, 6.07) is 7.26. The number of aliphatic hydroxyl groups is 1. The second-order valence-electron chi connectivity index (χ2n) is 3.77. The molecule has 0 aliphatic rings. The lowest BCUT2D eigenvalue weighted by Crippen LogP contribution is -2.26. The van der Waals surface area contributed by atoms with E-state index in [0.29, 0.717) is 12.2 Å². The van der Waals surface area contributed by atoms with Crippen LogP contribution in [-0.4, -0.2) is 17.7 Å². The molecule has 0 aliphatic carbocycles. The van der Waals surface area contributed by atoms with Crippen LogP contribution in [0.5, 0.6) is 0 Å². The van der Waals surface area contributed by atoms with E-state index in [-0.39, 0.29) is 6.42 Å². The molecule has 1 aromatic carbocycles.